The van der Waals surface area contributed by atoms with Gasteiger partial charge in [0, 0.05) is 27.7 Å². The van der Waals surface area contributed by atoms with E-state index in [0.29, 0.717) is 0 Å². The van der Waals surface area contributed by atoms with Gasteiger partial charge in [-0.2, -0.15) is 0 Å². The summed E-state index contributed by atoms with van der Waals surface area (Å²) in [5.41, 5.74) is 14.0. The Bertz CT molecular complexity index is 3240. The minimum atomic E-state index is 0.842. The molecule has 0 saturated heterocycles. The molecule has 11 rings (SSSR count). The Morgan fingerprint density at radius 1 is 0.276 bits per heavy atom. The van der Waals surface area contributed by atoms with Gasteiger partial charge < -0.3 is 9.32 Å². The van der Waals surface area contributed by atoms with E-state index in [1.54, 1.807) is 0 Å². The number of hydrogen-bond donors (Lipinski definition) is 0. The number of anilines is 3. The van der Waals surface area contributed by atoms with Crippen LogP contribution in [-0.2, 0) is 0 Å². The summed E-state index contributed by atoms with van der Waals surface area (Å²) < 4.78 is 7.12. The minimum absolute atomic E-state index is 0.842. The Hall–Kier alpha value is -7.68. The molecule has 272 valence electrons. The molecule has 11 aromatic rings. The SMILES string of the molecule is c1ccc(-c2ccc(N(c3ccc(-c4cc5ccccc5c5ccccc45)cc3)c3cc(-c4ccccc4)cc4c3oc3c(-c5ccccc5)cccc34)cc2)cc1. The monoisotopic (exact) mass is 739 g/mol. The number of fused-ring (bicyclic) bond motifs is 6. The van der Waals surface area contributed by atoms with Gasteiger partial charge in [0.15, 0.2) is 5.58 Å². The molecule has 0 saturated carbocycles. The average molecular weight is 740 g/mol. The van der Waals surface area contributed by atoms with Gasteiger partial charge in [-0.3, -0.25) is 0 Å². The lowest BCUT2D eigenvalue weighted by atomic mass is 9.93. The smallest absolute Gasteiger partial charge is 0.159 e. The van der Waals surface area contributed by atoms with Crippen LogP contribution >= 0.6 is 0 Å². The molecule has 0 radical (unpaired) electrons. The maximum absolute atomic E-state index is 7.12. The van der Waals surface area contributed by atoms with E-state index >= 15 is 0 Å². The Morgan fingerprint density at radius 2 is 0.776 bits per heavy atom. The Kier molecular flexibility index (Phi) is 8.19. The fourth-order valence-corrected chi connectivity index (χ4v) is 8.63. The standard InChI is InChI=1S/C56H37NO/c1-4-15-38(16-5-1)40-27-31-45(32-28-40)57(46-33-29-42(30-34-46)52-35-43-21-10-11-22-47(43)49-23-12-13-24-50(49)52)54-37-44(39-17-6-2-7-18-39)36-53-51-26-14-25-48(55(51)58-56(53)54)41-19-8-3-9-20-41/h1-37H. The Morgan fingerprint density at radius 3 is 1.45 bits per heavy atom. The number of para-hydroxylation sites is 1. The summed E-state index contributed by atoms with van der Waals surface area (Å²) in [5, 5.41) is 7.19. The summed E-state index contributed by atoms with van der Waals surface area (Å²) in [5.74, 6) is 0. The molecule has 0 amide bonds. The van der Waals surface area contributed by atoms with Crippen LogP contribution in [0.25, 0.3) is 88.0 Å². The zero-order chi connectivity index (χ0) is 38.4. The highest BCUT2D eigenvalue weighted by Gasteiger charge is 2.23. The van der Waals surface area contributed by atoms with Crippen LogP contribution in [0.4, 0.5) is 17.1 Å². The van der Waals surface area contributed by atoms with Crippen LogP contribution in [0, 0.1) is 0 Å². The maximum atomic E-state index is 7.12. The van der Waals surface area contributed by atoms with Gasteiger partial charge in [-0.1, -0.05) is 182 Å². The molecule has 0 spiro atoms. The van der Waals surface area contributed by atoms with Crippen LogP contribution < -0.4 is 4.90 Å². The van der Waals surface area contributed by atoms with E-state index in [1.807, 2.05) is 0 Å². The lowest BCUT2D eigenvalue weighted by Gasteiger charge is -2.27. The van der Waals surface area contributed by atoms with Crippen molar-refractivity contribution in [1.29, 1.82) is 0 Å². The molecule has 0 aliphatic rings. The first-order valence-electron chi connectivity index (χ1n) is 19.8. The third-order valence-corrected chi connectivity index (χ3v) is 11.4. The molecule has 0 aliphatic heterocycles. The zero-order valence-corrected chi connectivity index (χ0v) is 31.7. The van der Waals surface area contributed by atoms with Crippen molar-refractivity contribution in [3.8, 4) is 44.5 Å². The Labute approximate surface area is 337 Å². The second-order valence-corrected chi connectivity index (χ2v) is 14.9. The van der Waals surface area contributed by atoms with Crippen molar-refractivity contribution < 1.29 is 4.42 Å². The molecule has 10 aromatic carbocycles. The number of furan rings is 1. The molecule has 0 aliphatic carbocycles. The average Bonchev–Trinajstić information content (AvgIpc) is 3.69. The fraction of sp³-hybridized carbons (Fsp3) is 0. The number of rotatable bonds is 7. The highest BCUT2D eigenvalue weighted by atomic mass is 16.3. The van der Waals surface area contributed by atoms with Crippen molar-refractivity contribution >= 4 is 60.5 Å². The maximum Gasteiger partial charge on any atom is 0.159 e. The molecular weight excluding hydrogens is 703 g/mol. The molecule has 2 heteroatoms. The molecule has 1 heterocycles. The van der Waals surface area contributed by atoms with E-state index in [4.69, 9.17) is 4.42 Å². The molecule has 58 heavy (non-hydrogen) atoms. The Balaban J connectivity index is 1.14. The minimum Gasteiger partial charge on any atom is -0.453 e. The third kappa shape index (κ3) is 5.82. The van der Waals surface area contributed by atoms with Crippen molar-refractivity contribution in [2.24, 2.45) is 0 Å². The zero-order valence-electron chi connectivity index (χ0n) is 31.7. The number of nitrogens with zero attached hydrogens (tertiary/aromatic N) is 1. The van der Waals surface area contributed by atoms with Gasteiger partial charge >= 0.3 is 0 Å². The second kappa shape index (κ2) is 14.1. The molecule has 0 fully saturated rings. The van der Waals surface area contributed by atoms with Crippen LogP contribution in [-0.4, -0.2) is 0 Å². The second-order valence-electron chi connectivity index (χ2n) is 14.9. The lowest BCUT2D eigenvalue weighted by molar-refractivity contribution is 0.670. The number of benzene rings is 10. The van der Waals surface area contributed by atoms with E-state index < -0.39 is 0 Å². The summed E-state index contributed by atoms with van der Waals surface area (Å²) >= 11 is 0. The molecule has 0 unspecified atom stereocenters. The predicted molar refractivity (Wildman–Crippen MR) is 245 cm³/mol. The topological polar surface area (TPSA) is 16.4 Å². The third-order valence-electron chi connectivity index (χ3n) is 11.4. The first-order chi connectivity index (χ1) is 28.8. The van der Waals surface area contributed by atoms with Crippen molar-refractivity contribution in [1.82, 2.24) is 0 Å². The first-order valence-corrected chi connectivity index (χ1v) is 19.8. The van der Waals surface area contributed by atoms with Crippen molar-refractivity contribution in [2.45, 2.75) is 0 Å². The fourth-order valence-electron chi connectivity index (χ4n) is 8.63. The van der Waals surface area contributed by atoms with Gasteiger partial charge in [0.05, 0.1) is 5.69 Å². The molecule has 0 N–H and O–H groups in total. The van der Waals surface area contributed by atoms with E-state index in [0.717, 1.165) is 61.3 Å². The van der Waals surface area contributed by atoms with Gasteiger partial charge in [-0.15, -0.1) is 0 Å². The summed E-state index contributed by atoms with van der Waals surface area (Å²) in [4.78, 5) is 2.36. The van der Waals surface area contributed by atoms with Crippen molar-refractivity contribution in [2.75, 3.05) is 4.90 Å². The summed E-state index contributed by atoms with van der Waals surface area (Å²) in [6.45, 7) is 0. The van der Waals surface area contributed by atoms with Gasteiger partial charge in [0.1, 0.15) is 5.58 Å². The highest BCUT2D eigenvalue weighted by Crippen LogP contribution is 2.47. The van der Waals surface area contributed by atoms with Crippen LogP contribution in [0.15, 0.2) is 229 Å². The molecule has 1 aromatic heterocycles. The van der Waals surface area contributed by atoms with Gasteiger partial charge in [-0.25, -0.2) is 0 Å². The normalized spacial score (nSPS) is 11.4. The highest BCUT2D eigenvalue weighted by molar-refractivity contribution is 6.16. The van der Waals surface area contributed by atoms with Crippen LogP contribution in [0.5, 0.6) is 0 Å². The number of hydrogen-bond acceptors (Lipinski definition) is 2. The van der Waals surface area contributed by atoms with E-state index in [1.165, 1.54) is 43.8 Å². The van der Waals surface area contributed by atoms with E-state index in [2.05, 4.69) is 229 Å². The molecule has 2 nitrogen and oxygen atoms in total. The van der Waals surface area contributed by atoms with Gasteiger partial charge in [0.25, 0.3) is 0 Å². The summed E-state index contributed by atoms with van der Waals surface area (Å²) in [7, 11) is 0. The predicted octanol–water partition coefficient (Wildman–Crippen LogP) is 16.0. The molecule has 0 atom stereocenters. The quantitative estimate of drug-likeness (QED) is 0.151. The van der Waals surface area contributed by atoms with Crippen molar-refractivity contribution in [3.63, 3.8) is 0 Å². The summed E-state index contributed by atoms with van der Waals surface area (Å²) in [6.07, 6.45) is 0. The van der Waals surface area contributed by atoms with Crippen LogP contribution in [0.3, 0.4) is 0 Å². The van der Waals surface area contributed by atoms with Gasteiger partial charge in [0.2, 0.25) is 0 Å². The van der Waals surface area contributed by atoms with Crippen LogP contribution in [0.2, 0.25) is 0 Å². The van der Waals surface area contributed by atoms with E-state index in [9.17, 15) is 0 Å². The lowest BCUT2D eigenvalue weighted by Crippen LogP contribution is -2.10. The van der Waals surface area contributed by atoms with Crippen LogP contribution in [0.1, 0.15) is 0 Å². The molecular formula is C56H37NO. The largest absolute Gasteiger partial charge is 0.453 e. The molecule has 0 bridgehead atoms. The first kappa shape index (κ1) is 33.6. The summed E-state index contributed by atoms with van der Waals surface area (Å²) in [6, 6.07) is 80.5. The van der Waals surface area contributed by atoms with Crippen molar-refractivity contribution in [3.05, 3.63) is 224 Å². The van der Waals surface area contributed by atoms with E-state index in [-0.39, 0.29) is 0 Å². The van der Waals surface area contributed by atoms with Gasteiger partial charge in [-0.05, 0) is 103 Å².